The van der Waals surface area contributed by atoms with Crippen LogP contribution in [0.15, 0.2) is 0 Å². The Balaban J connectivity index is 1.42. The molecule has 4 saturated carbocycles. The maximum atomic E-state index is 12.8. The summed E-state index contributed by atoms with van der Waals surface area (Å²) in [5.74, 6) is 1.79. The molecule has 10 atom stereocenters. The third-order valence-electron chi connectivity index (χ3n) is 11.7. The lowest BCUT2D eigenvalue weighted by Crippen LogP contribution is -2.58. The van der Waals surface area contributed by atoms with Gasteiger partial charge in [0.25, 0.3) is 0 Å². The van der Waals surface area contributed by atoms with Crippen LogP contribution < -0.4 is 0 Å². The highest BCUT2D eigenvalue weighted by Crippen LogP contribution is 2.68. The van der Waals surface area contributed by atoms with Gasteiger partial charge in [-0.2, -0.15) is 0 Å². The van der Waals surface area contributed by atoms with Crippen LogP contribution in [0.1, 0.15) is 85.0 Å². The van der Waals surface area contributed by atoms with Crippen LogP contribution in [0.2, 0.25) is 0 Å². The van der Waals surface area contributed by atoms with E-state index >= 15 is 0 Å². The van der Waals surface area contributed by atoms with E-state index in [4.69, 9.17) is 0 Å². The van der Waals surface area contributed by atoms with Gasteiger partial charge in [0.1, 0.15) is 0 Å². The number of carbonyl (C=O) groups is 1. The molecular weight excluding hydrogens is 494 g/mol. The number of carbonyl (C=O) groups excluding carboxylic acids is 1. The third-order valence-corrected chi connectivity index (χ3v) is 12.3. The molecule has 0 aromatic heterocycles. The van der Waals surface area contributed by atoms with Crippen LogP contribution in [0.25, 0.3) is 0 Å². The molecule has 4 aliphatic carbocycles. The molecular formula is C28H48NO7S-. The van der Waals surface area contributed by atoms with Crippen molar-refractivity contribution in [1.29, 1.82) is 0 Å². The van der Waals surface area contributed by atoms with E-state index in [1.54, 1.807) is 0 Å². The lowest BCUT2D eigenvalue weighted by molar-refractivity contribution is -0.175. The SMILES string of the molecule is C[C@H](CCC(=O)N(CCO)CCS(=O)(=O)[O-])[C@H]1CC[C@H]2[C@@H]3CC[C@@H]4C[C@H](O)CC[C@]4(C)[C@H]3C[C@H](O)[C@]12C. The zero-order valence-corrected chi connectivity index (χ0v) is 23.7. The molecule has 4 fully saturated rings. The van der Waals surface area contributed by atoms with E-state index in [1.807, 2.05) is 0 Å². The van der Waals surface area contributed by atoms with Gasteiger partial charge in [0.2, 0.25) is 5.91 Å². The molecule has 0 aromatic carbocycles. The first-order valence-electron chi connectivity index (χ1n) is 14.5. The Kier molecular flexibility index (Phi) is 8.72. The zero-order valence-electron chi connectivity index (χ0n) is 22.8. The Bertz CT molecular complexity index is 927. The van der Waals surface area contributed by atoms with Crippen molar-refractivity contribution in [1.82, 2.24) is 4.90 Å². The summed E-state index contributed by atoms with van der Waals surface area (Å²) in [5, 5.41) is 31.3. The number of nitrogens with zero attached hydrogens (tertiary/aromatic N) is 1. The first-order valence-corrected chi connectivity index (χ1v) is 16.1. The van der Waals surface area contributed by atoms with Crippen molar-refractivity contribution in [2.24, 2.45) is 46.3 Å². The first-order chi connectivity index (χ1) is 17.3. The molecule has 1 amide bonds. The van der Waals surface area contributed by atoms with Crippen LogP contribution in [0.4, 0.5) is 0 Å². The van der Waals surface area contributed by atoms with Gasteiger partial charge in [0.05, 0.1) is 34.7 Å². The summed E-state index contributed by atoms with van der Waals surface area (Å²) in [4.78, 5) is 14.1. The van der Waals surface area contributed by atoms with Crippen molar-refractivity contribution in [2.75, 3.05) is 25.4 Å². The van der Waals surface area contributed by atoms with E-state index in [0.29, 0.717) is 36.0 Å². The van der Waals surface area contributed by atoms with E-state index in [2.05, 4.69) is 20.8 Å². The van der Waals surface area contributed by atoms with E-state index in [1.165, 1.54) is 17.7 Å². The summed E-state index contributed by atoms with van der Waals surface area (Å²) in [6.07, 6.45) is 8.49. The van der Waals surface area contributed by atoms with E-state index < -0.39 is 15.9 Å². The summed E-state index contributed by atoms with van der Waals surface area (Å²) in [7, 11) is -4.43. The molecule has 37 heavy (non-hydrogen) atoms. The second kappa shape index (κ2) is 11.0. The molecule has 3 N–H and O–H groups in total. The molecule has 0 saturated heterocycles. The maximum absolute atomic E-state index is 12.8. The highest BCUT2D eigenvalue weighted by Gasteiger charge is 2.63. The Morgan fingerprint density at radius 2 is 1.78 bits per heavy atom. The molecule has 214 valence electrons. The topological polar surface area (TPSA) is 138 Å². The molecule has 8 nitrogen and oxygen atoms in total. The Labute approximate surface area is 223 Å². The average Bonchev–Trinajstić information content (AvgIpc) is 3.19. The molecule has 9 heteroatoms. The van der Waals surface area contributed by atoms with Crippen molar-refractivity contribution in [3.63, 3.8) is 0 Å². The third kappa shape index (κ3) is 5.63. The van der Waals surface area contributed by atoms with E-state index in [9.17, 15) is 33.1 Å². The summed E-state index contributed by atoms with van der Waals surface area (Å²) < 4.78 is 33.1. The largest absolute Gasteiger partial charge is 0.748 e. The monoisotopic (exact) mass is 542 g/mol. The second-order valence-electron chi connectivity index (χ2n) is 13.3. The van der Waals surface area contributed by atoms with Crippen molar-refractivity contribution >= 4 is 16.0 Å². The fourth-order valence-electron chi connectivity index (χ4n) is 9.57. The highest BCUT2D eigenvalue weighted by atomic mass is 32.2. The first kappa shape index (κ1) is 29.2. The van der Waals surface area contributed by atoms with Gasteiger partial charge in [-0.1, -0.05) is 20.8 Å². The molecule has 0 spiro atoms. The molecule has 0 aliphatic heterocycles. The van der Waals surface area contributed by atoms with Crippen LogP contribution in [-0.2, 0) is 14.9 Å². The Morgan fingerprint density at radius 3 is 2.46 bits per heavy atom. The van der Waals surface area contributed by atoms with Crippen molar-refractivity contribution in [3.8, 4) is 0 Å². The van der Waals surface area contributed by atoms with Gasteiger partial charge in [0.15, 0.2) is 0 Å². The van der Waals surface area contributed by atoms with E-state index in [0.717, 1.165) is 38.5 Å². The molecule has 4 rings (SSSR count). The molecule has 0 radical (unpaired) electrons. The van der Waals surface area contributed by atoms with Crippen molar-refractivity contribution in [3.05, 3.63) is 0 Å². The van der Waals surface area contributed by atoms with Gasteiger partial charge in [-0.15, -0.1) is 0 Å². The van der Waals surface area contributed by atoms with E-state index in [-0.39, 0.29) is 61.0 Å². The number of aliphatic hydroxyl groups excluding tert-OH is 3. The van der Waals surface area contributed by atoms with Crippen LogP contribution in [0.5, 0.6) is 0 Å². The predicted molar refractivity (Wildman–Crippen MR) is 139 cm³/mol. The van der Waals surface area contributed by atoms with Crippen molar-refractivity contribution in [2.45, 2.75) is 97.2 Å². The molecule has 4 aliphatic rings. The van der Waals surface area contributed by atoms with Gasteiger partial charge in [-0.3, -0.25) is 4.79 Å². The number of amides is 1. The number of aliphatic hydroxyl groups is 3. The average molecular weight is 543 g/mol. The highest BCUT2D eigenvalue weighted by molar-refractivity contribution is 7.85. The van der Waals surface area contributed by atoms with Gasteiger partial charge in [-0.25, -0.2) is 8.42 Å². The summed E-state index contributed by atoms with van der Waals surface area (Å²) in [5.41, 5.74) is 0.0245. The Morgan fingerprint density at radius 1 is 1.05 bits per heavy atom. The minimum Gasteiger partial charge on any atom is -0.748 e. The van der Waals surface area contributed by atoms with Gasteiger partial charge in [0, 0.05) is 19.5 Å². The number of hydrogen-bond acceptors (Lipinski definition) is 7. The van der Waals surface area contributed by atoms with Crippen LogP contribution in [0, 0.1) is 46.3 Å². The number of fused-ring (bicyclic) bond motifs is 5. The molecule has 0 heterocycles. The quantitative estimate of drug-likeness (QED) is 0.381. The zero-order chi connectivity index (χ0) is 27.2. The summed E-state index contributed by atoms with van der Waals surface area (Å²) in [6, 6.07) is 0. The second-order valence-corrected chi connectivity index (χ2v) is 14.8. The summed E-state index contributed by atoms with van der Waals surface area (Å²) >= 11 is 0. The smallest absolute Gasteiger partial charge is 0.222 e. The fourth-order valence-corrected chi connectivity index (χ4v) is 10.0. The van der Waals surface area contributed by atoms with Crippen LogP contribution >= 0.6 is 0 Å². The van der Waals surface area contributed by atoms with Gasteiger partial charge < -0.3 is 24.8 Å². The number of rotatable bonds is 9. The normalized spacial score (nSPS) is 42.4. The van der Waals surface area contributed by atoms with Gasteiger partial charge >= 0.3 is 0 Å². The number of hydrogen-bond donors (Lipinski definition) is 3. The fraction of sp³-hybridized carbons (Fsp3) is 0.964. The van der Waals surface area contributed by atoms with Crippen molar-refractivity contribution < 1.29 is 33.1 Å². The van der Waals surface area contributed by atoms with Crippen LogP contribution in [0.3, 0.4) is 0 Å². The minimum absolute atomic E-state index is 0.0184. The maximum Gasteiger partial charge on any atom is 0.222 e. The van der Waals surface area contributed by atoms with Crippen LogP contribution in [-0.4, -0.2) is 76.8 Å². The molecule has 0 bridgehead atoms. The molecule has 0 unspecified atom stereocenters. The standard InChI is InChI=1S/C28H49NO7S/c1-18(4-9-26(33)29(12-14-30)13-15-37(34,35)36)22-7-8-23-21-6-5-19-16-20(31)10-11-27(19,2)24(21)17-25(32)28(22,23)3/h18-25,30-32H,4-17H2,1-3H3,(H,34,35,36)/p-1/t18-,19-,20-,21+,22-,23+,24+,25+,27+,28-/m1/s1. The van der Waals surface area contributed by atoms with Gasteiger partial charge in [-0.05, 0) is 104 Å². The minimum atomic E-state index is -4.43. The predicted octanol–water partition coefficient (Wildman–Crippen LogP) is 2.76. The lowest BCUT2D eigenvalue weighted by atomic mass is 9.43. The Hall–Kier alpha value is -0.740. The summed E-state index contributed by atoms with van der Waals surface area (Å²) in [6.45, 7) is 6.42. The molecule has 0 aromatic rings. The lowest BCUT2D eigenvalue weighted by Gasteiger charge is -2.62.